The molecule has 3 heteroatoms. The van der Waals surface area contributed by atoms with Gasteiger partial charge < -0.3 is 5.32 Å². The summed E-state index contributed by atoms with van der Waals surface area (Å²) in [6, 6.07) is 4.73. The number of rotatable bonds is 2. The van der Waals surface area contributed by atoms with E-state index >= 15 is 0 Å². The van der Waals surface area contributed by atoms with Crippen molar-refractivity contribution in [3.05, 3.63) is 22.3 Å². The molecule has 0 aromatic carbocycles. The number of hydrogen-bond acceptors (Lipinski definition) is 2. The van der Waals surface area contributed by atoms with Gasteiger partial charge in [0.25, 0.3) is 0 Å². The van der Waals surface area contributed by atoms with Crippen molar-refractivity contribution in [2.75, 3.05) is 5.32 Å². The summed E-state index contributed by atoms with van der Waals surface area (Å²) >= 11 is 3.47. The van der Waals surface area contributed by atoms with E-state index in [-0.39, 0.29) is 0 Å². The predicted molar refractivity (Wildman–Crippen MR) is 71.7 cm³/mol. The number of anilines is 1. The fourth-order valence-corrected chi connectivity index (χ4v) is 2.46. The van der Waals surface area contributed by atoms with E-state index in [1.54, 1.807) is 0 Å². The molecule has 1 fully saturated rings. The summed E-state index contributed by atoms with van der Waals surface area (Å²) in [5, 5.41) is 3.54. The number of pyridine rings is 1. The molecule has 0 radical (unpaired) electrons. The van der Waals surface area contributed by atoms with Crippen LogP contribution in [0.25, 0.3) is 0 Å². The van der Waals surface area contributed by atoms with Gasteiger partial charge in [0, 0.05) is 10.5 Å². The Morgan fingerprint density at radius 2 is 1.94 bits per heavy atom. The highest BCUT2D eigenvalue weighted by Crippen LogP contribution is 2.26. The Morgan fingerprint density at radius 1 is 1.25 bits per heavy atom. The summed E-state index contributed by atoms with van der Waals surface area (Å²) in [7, 11) is 0. The summed E-state index contributed by atoms with van der Waals surface area (Å²) in [5.41, 5.74) is 1.05. The molecule has 0 atom stereocenters. The van der Waals surface area contributed by atoms with Gasteiger partial charge in [-0.15, -0.1) is 0 Å². The average molecular weight is 283 g/mol. The predicted octanol–water partition coefficient (Wildman–Crippen LogP) is 4.14. The van der Waals surface area contributed by atoms with Gasteiger partial charge in [0.1, 0.15) is 5.82 Å². The molecule has 16 heavy (non-hydrogen) atoms. The monoisotopic (exact) mass is 282 g/mol. The molecule has 0 amide bonds. The van der Waals surface area contributed by atoms with E-state index in [9.17, 15) is 0 Å². The molecule has 0 saturated heterocycles. The van der Waals surface area contributed by atoms with Crippen molar-refractivity contribution in [3.63, 3.8) is 0 Å². The molecule has 1 aliphatic rings. The van der Waals surface area contributed by atoms with Crippen LogP contribution in [0.3, 0.4) is 0 Å². The van der Waals surface area contributed by atoms with Crippen LogP contribution in [0.2, 0.25) is 0 Å². The maximum atomic E-state index is 4.53. The normalized spacial score (nSPS) is 25.4. The standard InChI is InChI=1S/C13H19BrN2/c1-9-3-5-11(6-4-9)16-13-8-7-12(14)10(2)15-13/h7-9,11H,3-6H2,1-2H3,(H,15,16). The van der Waals surface area contributed by atoms with Crippen LogP contribution in [0.1, 0.15) is 38.3 Å². The zero-order chi connectivity index (χ0) is 11.5. The molecule has 0 unspecified atom stereocenters. The maximum Gasteiger partial charge on any atom is 0.126 e. The van der Waals surface area contributed by atoms with Gasteiger partial charge in [-0.25, -0.2) is 4.98 Å². The summed E-state index contributed by atoms with van der Waals surface area (Å²) in [6.07, 6.45) is 5.23. The van der Waals surface area contributed by atoms with E-state index in [1.165, 1.54) is 25.7 Å². The van der Waals surface area contributed by atoms with Crippen LogP contribution in [0, 0.1) is 12.8 Å². The molecular weight excluding hydrogens is 264 g/mol. The van der Waals surface area contributed by atoms with Crippen molar-refractivity contribution >= 4 is 21.7 Å². The first-order valence-corrected chi connectivity index (χ1v) is 6.84. The SMILES string of the molecule is Cc1nc(NC2CCC(C)CC2)ccc1Br. The number of hydrogen-bond donors (Lipinski definition) is 1. The minimum Gasteiger partial charge on any atom is -0.367 e. The van der Waals surface area contributed by atoms with Crippen molar-refractivity contribution < 1.29 is 0 Å². The van der Waals surface area contributed by atoms with E-state index < -0.39 is 0 Å². The quantitative estimate of drug-likeness (QED) is 0.882. The molecule has 1 saturated carbocycles. The molecule has 1 N–H and O–H groups in total. The van der Waals surface area contributed by atoms with Crippen LogP contribution in [0.15, 0.2) is 16.6 Å². The first-order chi connectivity index (χ1) is 7.65. The van der Waals surface area contributed by atoms with E-state index in [4.69, 9.17) is 0 Å². The van der Waals surface area contributed by atoms with Crippen LogP contribution < -0.4 is 5.32 Å². The highest BCUT2D eigenvalue weighted by molar-refractivity contribution is 9.10. The Morgan fingerprint density at radius 3 is 2.56 bits per heavy atom. The fourth-order valence-electron chi connectivity index (χ4n) is 2.24. The third-order valence-electron chi connectivity index (χ3n) is 3.39. The number of halogens is 1. The van der Waals surface area contributed by atoms with Crippen LogP contribution in [-0.4, -0.2) is 11.0 Å². The minimum atomic E-state index is 0.615. The fraction of sp³-hybridized carbons (Fsp3) is 0.615. The lowest BCUT2D eigenvalue weighted by Crippen LogP contribution is -2.25. The van der Waals surface area contributed by atoms with E-state index in [2.05, 4.69) is 45.3 Å². The first-order valence-electron chi connectivity index (χ1n) is 6.05. The van der Waals surface area contributed by atoms with Crippen LogP contribution in [-0.2, 0) is 0 Å². The Labute approximate surface area is 106 Å². The van der Waals surface area contributed by atoms with E-state index in [0.717, 1.165) is 21.9 Å². The Hall–Kier alpha value is -0.570. The number of nitrogens with zero attached hydrogens (tertiary/aromatic N) is 1. The van der Waals surface area contributed by atoms with Crippen LogP contribution in [0.5, 0.6) is 0 Å². The second-order valence-electron chi connectivity index (χ2n) is 4.86. The van der Waals surface area contributed by atoms with Gasteiger partial charge >= 0.3 is 0 Å². The molecule has 1 aromatic rings. The number of aryl methyl sites for hydroxylation is 1. The molecule has 2 nitrogen and oxygen atoms in total. The Kier molecular flexibility index (Phi) is 3.85. The molecule has 2 rings (SSSR count). The average Bonchev–Trinajstić information content (AvgIpc) is 2.27. The zero-order valence-electron chi connectivity index (χ0n) is 9.96. The molecule has 1 aliphatic carbocycles. The molecule has 1 aromatic heterocycles. The lowest BCUT2D eigenvalue weighted by molar-refractivity contribution is 0.361. The van der Waals surface area contributed by atoms with Gasteiger partial charge in [-0.05, 0) is 66.6 Å². The van der Waals surface area contributed by atoms with Crippen molar-refractivity contribution in [1.29, 1.82) is 0 Å². The second-order valence-corrected chi connectivity index (χ2v) is 5.72. The smallest absolute Gasteiger partial charge is 0.126 e. The summed E-state index contributed by atoms with van der Waals surface area (Å²) < 4.78 is 1.08. The van der Waals surface area contributed by atoms with Crippen LogP contribution >= 0.6 is 15.9 Å². The molecule has 0 aliphatic heterocycles. The van der Waals surface area contributed by atoms with Crippen molar-refractivity contribution in [2.24, 2.45) is 5.92 Å². The van der Waals surface area contributed by atoms with Crippen molar-refractivity contribution in [1.82, 2.24) is 4.98 Å². The molecule has 0 bridgehead atoms. The number of nitrogens with one attached hydrogen (secondary N) is 1. The van der Waals surface area contributed by atoms with Crippen molar-refractivity contribution in [2.45, 2.75) is 45.6 Å². The van der Waals surface area contributed by atoms with Crippen LogP contribution in [0.4, 0.5) is 5.82 Å². The first kappa shape index (κ1) is 11.9. The summed E-state index contributed by atoms with van der Waals surface area (Å²) in [6.45, 7) is 4.37. The van der Waals surface area contributed by atoms with Gasteiger partial charge in [-0.2, -0.15) is 0 Å². The number of aromatic nitrogens is 1. The Balaban J connectivity index is 1.96. The maximum absolute atomic E-state index is 4.53. The Bertz CT molecular complexity index is 357. The van der Waals surface area contributed by atoms with E-state index in [1.807, 2.05) is 6.92 Å². The molecule has 88 valence electrons. The highest BCUT2D eigenvalue weighted by atomic mass is 79.9. The summed E-state index contributed by atoms with van der Waals surface area (Å²) in [5.74, 6) is 1.91. The third kappa shape index (κ3) is 2.97. The van der Waals surface area contributed by atoms with Crippen molar-refractivity contribution in [3.8, 4) is 0 Å². The lowest BCUT2D eigenvalue weighted by Gasteiger charge is -2.27. The largest absolute Gasteiger partial charge is 0.367 e. The highest BCUT2D eigenvalue weighted by Gasteiger charge is 2.18. The third-order valence-corrected chi connectivity index (χ3v) is 4.23. The topological polar surface area (TPSA) is 24.9 Å². The lowest BCUT2D eigenvalue weighted by atomic mass is 9.87. The minimum absolute atomic E-state index is 0.615. The van der Waals surface area contributed by atoms with Gasteiger partial charge in [0.15, 0.2) is 0 Å². The van der Waals surface area contributed by atoms with Gasteiger partial charge in [-0.1, -0.05) is 6.92 Å². The molecule has 0 spiro atoms. The van der Waals surface area contributed by atoms with E-state index in [0.29, 0.717) is 6.04 Å². The second kappa shape index (κ2) is 5.17. The van der Waals surface area contributed by atoms with Gasteiger partial charge in [0.05, 0.1) is 5.69 Å². The van der Waals surface area contributed by atoms with Gasteiger partial charge in [0.2, 0.25) is 0 Å². The molecular formula is C13H19BrN2. The zero-order valence-corrected chi connectivity index (χ0v) is 11.5. The molecule has 1 heterocycles. The van der Waals surface area contributed by atoms with Gasteiger partial charge in [-0.3, -0.25) is 0 Å². The summed E-state index contributed by atoms with van der Waals surface area (Å²) in [4.78, 5) is 4.53.